The van der Waals surface area contributed by atoms with Crippen LogP contribution in [0.15, 0.2) is 30.7 Å². The molecular formula is C19H21ClFN7. The molecule has 2 atom stereocenters. The Morgan fingerprint density at radius 3 is 2.89 bits per heavy atom. The van der Waals surface area contributed by atoms with Crippen molar-refractivity contribution in [1.82, 2.24) is 19.9 Å². The maximum absolute atomic E-state index is 13.4. The van der Waals surface area contributed by atoms with Crippen LogP contribution in [0.1, 0.15) is 19.3 Å². The van der Waals surface area contributed by atoms with Gasteiger partial charge in [-0.1, -0.05) is 11.6 Å². The number of halogens is 2. The van der Waals surface area contributed by atoms with E-state index in [0.29, 0.717) is 47.0 Å². The summed E-state index contributed by atoms with van der Waals surface area (Å²) in [7, 11) is 2.00. The highest BCUT2D eigenvalue weighted by atomic mass is 35.5. The third kappa shape index (κ3) is 3.70. The zero-order chi connectivity index (χ0) is 19.7. The van der Waals surface area contributed by atoms with Crippen molar-refractivity contribution in [2.75, 3.05) is 23.8 Å². The van der Waals surface area contributed by atoms with E-state index >= 15 is 0 Å². The molecule has 0 amide bonds. The molecule has 2 unspecified atom stereocenters. The van der Waals surface area contributed by atoms with Crippen LogP contribution < -0.4 is 16.0 Å². The zero-order valence-corrected chi connectivity index (χ0v) is 16.2. The molecule has 0 aliphatic heterocycles. The molecule has 2 aromatic heterocycles. The second-order valence-corrected chi connectivity index (χ2v) is 7.47. The number of fused-ring (bicyclic) bond motifs is 1. The monoisotopic (exact) mass is 401 g/mol. The molecule has 0 spiro atoms. The first-order valence-electron chi connectivity index (χ1n) is 9.18. The molecule has 146 valence electrons. The molecule has 2 heterocycles. The fraction of sp³-hybridized carbons (Fsp3) is 0.368. The van der Waals surface area contributed by atoms with Gasteiger partial charge in [-0.3, -0.25) is 0 Å². The predicted octanol–water partition coefficient (Wildman–Crippen LogP) is 3.52. The fourth-order valence-electron chi connectivity index (χ4n) is 3.59. The molecule has 7 nitrogen and oxygen atoms in total. The lowest BCUT2D eigenvalue weighted by Gasteiger charge is -2.24. The third-order valence-corrected chi connectivity index (χ3v) is 5.55. The van der Waals surface area contributed by atoms with Gasteiger partial charge in [0, 0.05) is 18.8 Å². The minimum Gasteiger partial charge on any atom is -0.341 e. The molecule has 0 radical (unpaired) electrons. The highest BCUT2D eigenvalue weighted by molar-refractivity contribution is 6.31. The van der Waals surface area contributed by atoms with E-state index in [2.05, 4.69) is 25.2 Å². The Hall–Kier alpha value is -2.58. The van der Waals surface area contributed by atoms with E-state index in [4.69, 9.17) is 22.3 Å². The van der Waals surface area contributed by atoms with E-state index in [-0.39, 0.29) is 5.02 Å². The van der Waals surface area contributed by atoms with Gasteiger partial charge in [-0.2, -0.15) is 0 Å². The lowest BCUT2D eigenvalue weighted by Crippen LogP contribution is -2.31. The summed E-state index contributed by atoms with van der Waals surface area (Å²) in [4.78, 5) is 19.8. The molecule has 1 saturated carbocycles. The van der Waals surface area contributed by atoms with Crippen LogP contribution in [0.2, 0.25) is 5.02 Å². The van der Waals surface area contributed by atoms with Crippen molar-refractivity contribution in [3.05, 3.63) is 41.6 Å². The first-order chi connectivity index (χ1) is 13.5. The van der Waals surface area contributed by atoms with Crippen molar-refractivity contribution in [3.63, 3.8) is 0 Å². The van der Waals surface area contributed by atoms with Gasteiger partial charge in [0.1, 0.15) is 23.2 Å². The maximum Gasteiger partial charge on any atom is 0.226 e. The third-order valence-electron chi connectivity index (χ3n) is 5.26. The molecule has 1 aromatic carbocycles. The number of anilines is 3. The Labute approximate surface area is 167 Å². The number of rotatable bonds is 5. The highest BCUT2D eigenvalue weighted by Gasteiger charge is 2.28. The van der Waals surface area contributed by atoms with Gasteiger partial charge in [-0.25, -0.2) is 24.3 Å². The van der Waals surface area contributed by atoms with Crippen molar-refractivity contribution >= 4 is 40.1 Å². The van der Waals surface area contributed by atoms with Gasteiger partial charge in [0.15, 0.2) is 5.82 Å². The van der Waals surface area contributed by atoms with Crippen LogP contribution in [0.4, 0.5) is 21.8 Å². The van der Waals surface area contributed by atoms with Crippen LogP contribution in [-0.2, 0) is 0 Å². The Bertz CT molecular complexity index is 999. The average molecular weight is 402 g/mol. The Kier molecular flexibility index (Phi) is 5.23. The minimum atomic E-state index is -0.474. The van der Waals surface area contributed by atoms with Crippen molar-refractivity contribution in [2.45, 2.75) is 25.3 Å². The molecule has 1 aliphatic carbocycles. The smallest absolute Gasteiger partial charge is 0.226 e. The number of aromatic nitrogens is 4. The largest absolute Gasteiger partial charge is 0.341 e. The van der Waals surface area contributed by atoms with Crippen LogP contribution >= 0.6 is 11.6 Å². The Morgan fingerprint density at radius 1 is 1.29 bits per heavy atom. The molecule has 28 heavy (non-hydrogen) atoms. The van der Waals surface area contributed by atoms with Gasteiger partial charge in [-0.05, 0) is 49.9 Å². The number of nitrogens with one attached hydrogen (secondary N) is 1. The molecule has 3 N–H and O–H groups in total. The van der Waals surface area contributed by atoms with E-state index in [1.165, 1.54) is 18.5 Å². The molecule has 4 rings (SSSR count). The fourth-order valence-corrected chi connectivity index (χ4v) is 3.78. The van der Waals surface area contributed by atoms with Gasteiger partial charge in [-0.15, -0.1) is 0 Å². The first-order valence-corrected chi connectivity index (χ1v) is 9.55. The summed E-state index contributed by atoms with van der Waals surface area (Å²) < 4.78 is 13.4. The lowest BCUT2D eigenvalue weighted by atomic mass is 10.1. The Morgan fingerprint density at radius 2 is 2.14 bits per heavy atom. The van der Waals surface area contributed by atoms with Gasteiger partial charge in [0.2, 0.25) is 5.95 Å². The van der Waals surface area contributed by atoms with Gasteiger partial charge in [0.05, 0.1) is 11.2 Å². The van der Waals surface area contributed by atoms with E-state index in [1.54, 1.807) is 12.3 Å². The van der Waals surface area contributed by atoms with Crippen molar-refractivity contribution < 1.29 is 4.39 Å². The summed E-state index contributed by atoms with van der Waals surface area (Å²) in [5.74, 6) is 1.20. The Balaban J connectivity index is 1.64. The molecule has 0 bridgehead atoms. The van der Waals surface area contributed by atoms with Crippen LogP contribution in [0, 0.1) is 11.7 Å². The van der Waals surface area contributed by atoms with Gasteiger partial charge >= 0.3 is 0 Å². The number of hydrogen-bond donors (Lipinski definition) is 2. The predicted molar refractivity (Wildman–Crippen MR) is 108 cm³/mol. The van der Waals surface area contributed by atoms with Crippen molar-refractivity contribution in [3.8, 4) is 0 Å². The standard InChI is InChI=1S/C19H21ClFN7/c1-28(13-4-2-11(6-13)8-22)19-23-9-16-17(27-19)18(25-10-24-16)26-12-3-5-15(21)14(20)7-12/h3,5,7,9-11,13H,2,4,6,8,22H2,1H3,(H,24,25,26). The first kappa shape index (κ1) is 18.8. The van der Waals surface area contributed by atoms with Gasteiger partial charge < -0.3 is 16.0 Å². The minimum absolute atomic E-state index is 0.0362. The molecule has 3 aromatic rings. The van der Waals surface area contributed by atoms with E-state index in [0.717, 1.165) is 19.3 Å². The molecule has 1 aliphatic rings. The summed E-state index contributed by atoms with van der Waals surface area (Å²) in [6.07, 6.45) is 6.36. The van der Waals surface area contributed by atoms with E-state index in [9.17, 15) is 4.39 Å². The highest BCUT2D eigenvalue weighted by Crippen LogP contribution is 2.31. The summed E-state index contributed by atoms with van der Waals surface area (Å²) in [6, 6.07) is 4.76. The second kappa shape index (κ2) is 7.81. The van der Waals surface area contributed by atoms with Gasteiger partial charge in [0.25, 0.3) is 0 Å². The maximum atomic E-state index is 13.4. The number of nitrogens with two attached hydrogens (primary N) is 1. The average Bonchev–Trinajstić information content (AvgIpc) is 3.19. The summed E-state index contributed by atoms with van der Waals surface area (Å²) >= 11 is 5.87. The molecule has 9 heteroatoms. The number of nitrogens with zero attached hydrogens (tertiary/aromatic N) is 5. The number of benzene rings is 1. The molecule has 1 fully saturated rings. The SMILES string of the molecule is CN(c1ncc2ncnc(Nc3ccc(F)c(Cl)c3)c2n1)C1CCC(CN)C1. The summed E-state index contributed by atoms with van der Waals surface area (Å²) in [5.41, 5.74) is 7.64. The van der Waals surface area contributed by atoms with Crippen LogP contribution in [0.25, 0.3) is 11.0 Å². The number of hydrogen-bond acceptors (Lipinski definition) is 7. The summed E-state index contributed by atoms with van der Waals surface area (Å²) in [6.45, 7) is 0.713. The molecule has 0 saturated heterocycles. The normalized spacial score (nSPS) is 19.1. The second-order valence-electron chi connectivity index (χ2n) is 7.06. The van der Waals surface area contributed by atoms with Crippen LogP contribution in [0.5, 0.6) is 0 Å². The quantitative estimate of drug-likeness (QED) is 0.675. The zero-order valence-electron chi connectivity index (χ0n) is 15.4. The molecular weight excluding hydrogens is 381 g/mol. The van der Waals surface area contributed by atoms with E-state index < -0.39 is 5.82 Å². The van der Waals surface area contributed by atoms with Crippen molar-refractivity contribution in [1.29, 1.82) is 0 Å². The topological polar surface area (TPSA) is 92.9 Å². The summed E-state index contributed by atoms with van der Waals surface area (Å²) in [5, 5.41) is 3.18. The van der Waals surface area contributed by atoms with E-state index in [1.807, 2.05) is 7.05 Å². The van der Waals surface area contributed by atoms with Crippen LogP contribution in [0.3, 0.4) is 0 Å². The van der Waals surface area contributed by atoms with Crippen molar-refractivity contribution in [2.24, 2.45) is 11.7 Å². The van der Waals surface area contributed by atoms with Crippen LogP contribution in [-0.4, -0.2) is 39.6 Å². The lowest BCUT2D eigenvalue weighted by molar-refractivity contribution is 0.541.